The monoisotopic (exact) mass is 723 g/mol. The lowest BCUT2D eigenvalue weighted by atomic mass is 9.80. The number of nitrogens with two attached hydrogens (primary N) is 1. The zero-order chi connectivity index (χ0) is 37.6. The first-order valence-corrected chi connectivity index (χ1v) is 15.8. The largest absolute Gasteiger partial charge is 0.488 e. The van der Waals surface area contributed by atoms with Crippen molar-refractivity contribution in [1.82, 2.24) is 9.97 Å². The van der Waals surface area contributed by atoms with Crippen molar-refractivity contribution in [2.24, 2.45) is 5.73 Å². The molecule has 11 nitrogen and oxygen atoms in total. The zero-order valence-corrected chi connectivity index (χ0v) is 27.6. The minimum atomic E-state index is -4.77. The Balaban J connectivity index is 1.82. The van der Waals surface area contributed by atoms with Gasteiger partial charge in [-0.2, -0.15) is 31.6 Å². The highest BCUT2D eigenvalue weighted by atomic mass is 19.4. The third-order valence-corrected chi connectivity index (χ3v) is 8.30. The van der Waals surface area contributed by atoms with Crippen LogP contribution in [0.3, 0.4) is 0 Å². The van der Waals surface area contributed by atoms with Crippen molar-refractivity contribution in [3.8, 4) is 11.8 Å². The number of carboxylic acid groups (broad SMARTS) is 1. The average Bonchev–Trinajstić information content (AvgIpc) is 3.07. The molecule has 4 rings (SSSR count). The van der Waals surface area contributed by atoms with Crippen LogP contribution in [0, 0.1) is 11.3 Å². The zero-order valence-electron chi connectivity index (χ0n) is 27.6. The summed E-state index contributed by atoms with van der Waals surface area (Å²) >= 11 is 0. The number of rotatable bonds is 13. The first-order valence-electron chi connectivity index (χ1n) is 15.8. The number of fused-ring (bicyclic) bond motifs is 1. The summed E-state index contributed by atoms with van der Waals surface area (Å²) < 4.78 is 99.2. The van der Waals surface area contributed by atoms with Crippen LogP contribution in [-0.4, -0.2) is 59.7 Å². The van der Waals surface area contributed by atoms with Gasteiger partial charge in [-0.25, -0.2) is 14.8 Å². The lowest BCUT2D eigenvalue weighted by Crippen LogP contribution is -2.61. The molecule has 2 atom stereocenters. The van der Waals surface area contributed by atoms with E-state index in [1.807, 2.05) is 0 Å². The number of anilines is 1. The van der Waals surface area contributed by atoms with Crippen molar-refractivity contribution in [2.75, 3.05) is 31.8 Å². The molecule has 17 heteroatoms. The smallest absolute Gasteiger partial charge is 0.416 e. The predicted molar refractivity (Wildman–Crippen MR) is 169 cm³/mol. The maximum absolute atomic E-state index is 14.0. The quantitative estimate of drug-likeness (QED) is 0.142. The highest BCUT2D eigenvalue weighted by Gasteiger charge is 2.47. The number of amides is 1. The molecule has 0 aliphatic carbocycles. The van der Waals surface area contributed by atoms with Crippen molar-refractivity contribution in [2.45, 2.75) is 69.4 Å². The Hall–Kier alpha value is -4.95. The molecule has 0 fully saturated rings. The van der Waals surface area contributed by atoms with Crippen LogP contribution in [0.5, 0.6) is 5.75 Å². The summed E-state index contributed by atoms with van der Waals surface area (Å²) in [5, 5.41) is 18.3. The Labute approximate surface area is 288 Å². The van der Waals surface area contributed by atoms with Crippen LogP contribution in [-0.2, 0) is 33.0 Å². The Bertz CT molecular complexity index is 1780. The van der Waals surface area contributed by atoms with Crippen molar-refractivity contribution < 1.29 is 55.2 Å². The number of nitriles is 1. The molecule has 3 N–H and O–H groups in total. The van der Waals surface area contributed by atoms with Gasteiger partial charge in [-0.15, -0.1) is 0 Å². The van der Waals surface area contributed by atoms with E-state index in [9.17, 15) is 41.2 Å². The SMILES string of the molecule is CC[C@]1(N)C[C@H](c2ncc(OCCOC)c(Cc3cc(C#N)cc(C(F)(F)F)c3)n2)c2cc(C(F)(F)F)ccc2N1C(=O)OCCCCC(=O)O. The van der Waals surface area contributed by atoms with E-state index in [-0.39, 0.29) is 98.0 Å². The van der Waals surface area contributed by atoms with Crippen LogP contribution in [0.2, 0.25) is 0 Å². The number of methoxy groups -OCH3 is 1. The number of nitrogens with zero attached hydrogens (tertiary/aromatic N) is 4. The molecular weight excluding hydrogens is 688 g/mol. The van der Waals surface area contributed by atoms with Gasteiger partial charge in [0, 0.05) is 25.9 Å². The molecule has 274 valence electrons. The molecule has 0 radical (unpaired) electrons. The standard InChI is InChI=1S/C34H35F6N5O6/c1-3-32(42)17-25(24-16-22(33(35,36)37)7-8-27(24)45(32)31(48)51-9-5-4-6-29(46)47)30-43-19-28(50-11-10-49-2)26(44-30)15-20-12-21(18-41)14-23(13-20)34(38,39)40/h7-8,12-14,16,19,25H,3-6,9-11,15,17,42H2,1-2H3,(H,46,47)/t25-,32+/m0/s1. The summed E-state index contributed by atoms with van der Waals surface area (Å²) in [6.45, 7) is 1.65. The molecule has 0 saturated carbocycles. The number of aromatic nitrogens is 2. The summed E-state index contributed by atoms with van der Waals surface area (Å²) in [7, 11) is 1.43. The van der Waals surface area contributed by atoms with Gasteiger partial charge in [0.05, 0.1) is 53.6 Å². The topological polar surface area (TPSA) is 161 Å². The van der Waals surface area contributed by atoms with Crippen molar-refractivity contribution in [3.63, 3.8) is 0 Å². The van der Waals surface area contributed by atoms with Gasteiger partial charge < -0.3 is 25.1 Å². The van der Waals surface area contributed by atoms with E-state index in [1.54, 1.807) is 13.0 Å². The summed E-state index contributed by atoms with van der Waals surface area (Å²) in [5.74, 6) is -2.04. The number of carboxylic acids is 1. The number of aliphatic carboxylic acids is 1. The fourth-order valence-electron chi connectivity index (χ4n) is 5.71. The van der Waals surface area contributed by atoms with E-state index in [0.29, 0.717) is 6.07 Å². The third-order valence-electron chi connectivity index (χ3n) is 8.30. The lowest BCUT2D eigenvalue weighted by molar-refractivity contribution is -0.138. The van der Waals surface area contributed by atoms with Gasteiger partial charge in [0.1, 0.15) is 18.1 Å². The van der Waals surface area contributed by atoms with E-state index in [2.05, 4.69) is 9.97 Å². The summed E-state index contributed by atoms with van der Waals surface area (Å²) in [4.78, 5) is 34.4. The Morgan fingerprint density at radius 2 is 1.78 bits per heavy atom. The van der Waals surface area contributed by atoms with Gasteiger partial charge in [-0.1, -0.05) is 6.92 Å². The molecule has 0 spiro atoms. The van der Waals surface area contributed by atoms with Crippen LogP contribution in [0.15, 0.2) is 42.6 Å². The molecule has 1 amide bonds. The van der Waals surface area contributed by atoms with E-state index >= 15 is 0 Å². The Kier molecular flexibility index (Phi) is 12.1. The number of hydrogen-bond donors (Lipinski definition) is 2. The van der Waals surface area contributed by atoms with Crippen LogP contribution in [0.1, 0.15) is 84.3 Å². The molecule has 2 heterocycles. The maximum Gasteiger partial charge on any atom is 0.416 e. The molecule has 0 bridgehead atoms. The second-order valence-corrected chi connectivity index (χ2v) is 11.9. The number of benzene rings is 2. The normalized spacial score (nSPS) is 17.4. The number of carbonyl (C=O) groups excluding carboxylic acids is 1. The molecule has 1 aliphatic heterocycles. The fraction of sp³-hybridized carbons (Fsp3) is 0.441. The highest BCUT2D eigenvalue weighted by Crippen LogP contribution is 2.47. The minimum Gasteiger partial charge on any atom is -0.488 e. The highest BCUT2D eigenvalue weighted by molar-refractivity contribution is 5.91. The second-order valence-electron chi connectivity index (χ2n) is 11.9. The Morgan fingerprint density at radius 3 is 2.41 bits per heavy atom. The van der Waals surface area contributed by atoms with Crippen LogP contribution < -0.4 is 15.4 Å². The van der Waals surface area contributed by atoms with E-state index < -0.39 is 47.1 Å². The molecule has 3 aromatic rings. The van der Waals surface area contributed by atoms with Crippen molar-refractivity contribution in [3.05, 3.63) is 81.9 Å². The van der Waals surface area contributed by atoms with Gasteiger partial charge in [0.2, 0.25) is 0 Å². The number of halogens is 6. The van der Waals surface area contributed by atoms with Crippen LogP contribution in [0.25, 0.3) is 0 Å². The van der Waals surface area contributed by atoms with Crippen molar-refractivity contribution >= 4 is 17.7 Å². The number of hydrogen-bond acceptors (Lipinski definition) is 9. The van der Waals surface area contributed by atoms with E-state index in [1.165, 1.54) is 19.4 Å². The fourth-order valence-corrected chi connectivity index (χ4v) is 5.71. The van der Waals surface area contributed by atoms with Crippen LogP contribution >= 0.6 is 0 Å². The van der Waals surface area contributed by atoms with Crippen molar-refractivity contribution in [1.29, 1.82) is 5.26 Å². The molecule has 1 aliphatic rings. The molecular formula is C34H35F6N5O6. The van der Waals surface area contributed by atoms with Gasteiger partial charge in [0.25, 0.3) is 0 Å². The number of unbranched alkanes of at least 4 members (excludes halogenated alkanes) is 1. The van der Waals surface area contributed by atoms with Gasteiger partial charge >= 0.3 is 24.4 Å². The van der Waals surface area contributed by atoms with Gasteiger partial charge in [-0.05, 0) is 73.2 Å². The molecule has 2 aromatic carbocycles. The Morgan fingerprint density at radius 1 is 1.06 bits per heavy atom. The number of carbonyl (C=O) groups is 2. The molecule has 51 heavy (non-hydrogen) atoms. The number of ether oxygens (including phenoxy) is 3. The minimum absolute atomic E-state index is 0.00116. The third kappa shape index (κ3) is 9.44. The maximum atomic E-state index is 14.0. The summed E-state index contributed by atoms with van der Waals surface area (Å²) in [6.07, 6.45) is -9.29. The molecule has 0 saturated heterocycles. The first-order chi connectivity index (χ1) is 24.0. The first kappa shape index (κ1) is 38.8. The van der Waals surface area contributed by atoms with E-state index in [4.69, 9.17) is 25.1 Å². The second kappa shape index (κ2) is 15.9. The summed E-state index contributed by atoms with van der Waals surface area (Å²) in [6, 6.07) is 7.30. The molecule has 1 aromatic heterocycles. The average molecular weight is 724 g/mol. The molecule has 0 unspecified atom stereocenters. The van der Waals surface area contributed by atoms with Gasteiger partial charge in [-0.3, -0.25) is 9.69 Å². The lowest BCUT2D eigenvalue weighted by Gasteiger charge is -2.46. The summed E-state index contributed by atoms with van der Waals surface area (Å²) in [5.41, 5.74) is 3.06. The van der Waals surface area contributed by atoms with E-state index in [0.717, 1.165) is 29.2 Å². The van der Waals surface area contributed by atoms with Crippen LogP contribution in [0.4, 0.5) is 36.8 Å². The predicted octanol–water partition coefficient (Wildman–Crippen LogP) is 6.80. The number of alkyl halides is 6. The van der Waals surface area contributed by atoms with Gasteiger partial charge in [0.15, 0.2) is 5.75 Å².